The molecule has 5 heterocycles. The van der Waals surface area contributed by atoms with Crippen molar-refractivity contribution in [1.82, 2.24) is 35.6 Å². The first-order valence-corrected chi connectivity index (χ1v) is 22.5. The van der Waals surface area contributed by atoms with Gasteiger partial charge < -0.3 is 65.8 Å². The molecule has 18 nitrogen and oxygen atoms in total. The van der Waals surface area contributed by atoms with Crippen LogP contribution in [0, 0.1) is 6.92 Å². The topological polar surface area (TPSA) is 236 Å². The van der Waals surface area contributed by atoms with Crippen molar-refractivity contribution in [3.05, 3.63) is 90.0 Å². The Kier molecular flexibility index (Phi) is 15.9. The molecule has 4 amide bonds. The maximum atomic E-state index is 14.6. The first-order chi connectivity index (χ1) is 31.3. The van der Waals surface area contributed by atoms with Crippen LogP contribution in [0.25, 0.3) is 0 Å². The summed E-state index contributed by atoms with van der Waals surface area (Å²) in [6.07, 6.45) is -0.232. The minimum Gasteiger partial charge on any atom is -0.508 e. The van der Waals surface area contributed by atoms with Gasteiger partial charge in [0.25, 0.3) is 0 Å². The third-order valence-corrected chi connectivity index (χ3v) is 13.0. The van der Waals surface area contributed by atoms with Gasteiger partial charge in [0.2, 0.25) is 11.8 Å². The van der Waals surface area contributed by atoms with Crippen molar-refractivity contribution in [3.63, 3.8) is 0 Å². The van der Waals surface area contributed by atoms with E-state index in [9.17, 15) is 39.9 Å². The second-order valence-electron chi connectivity index (χ2n) is 17.4. The van der Waals surface area contributed by atoms with E-state index >= 15 is 0 Å². The van der Waals surface area contributed by atoms with Crippen molar-refractivity contribution in [3.8, 4) is 5.75 Å². The van der Waals surface area contributed by atoms with Crippen LogP contribution in [0.5, 0.6) is 5.75 Å². The summed E-state index contributed by atoms with van der Waals surface area (Å²) in [7, 11) is 6.17. The number of piperidine rings is 1. The molecule has 2 radical (unpaired) electrons. The lowest BCUT2D eigenvalue weighted by molar-refractivity contribution is -0.236. The Bertz CT molecular complexity index is 2100. The van der Waals surface area contributed by atoms with E-state index < -0.39 is 55.2 Å². The number of carbonyl (C=O) groups excluding carboxylic acids is 3. The van der Waals surface area contributed by atoms with Crippen LogP contribution in [0.3, 0.4) is 0 Å². The molecule has 3 saturated heterocycles. The van der Waals surface area contributed by atoms with Crippen molar-refractivity contribution in [2.45, 2.75) is 101 Å². The number of carbonyl (C=O) groups is 3. The van der Waals surface area contributed by atoms with Crippen LogP contribution >= 0.6 is 0 Å². The van der Waals surface area contributed by atoms with Crippen molar-refractivity contribution in [2.24, 2.45) is 0 Å². The minimum atomic E-state index is -1.51. The molecule has 1 aromatic heterocycles. The van der Waals surface area contributed by atoms with E-state index in [1.807, 2.05) is 41.3 Å². The minimum absolute atomic E-state index is 0.0141. The number of rotatable bonds is 17. The highest BCUT2D eigenvalue weighted by Crippen LogP contribution is 2.29. The first-order valence-electron chi connectivity index (χ1n) is 22.5. The van der Waals surface area contributed by atoms with Gasteiger partial charge in [0.15, 0.2) is 0 Å². The molecule has 0 aliphatic carbocycles. The van der Waals surface area contributed by atoms with Gasteiger partial charge in [-0.2, -0.15) is 0 Å². The average molecular weight is 896 g/mol. The van der Waals surface area contributed by atoms with Gasteiger partial charge in [0.05, 0.1) is 12.4 Å². The number of aliphatic hydroxyl groups excluding tert-OH is 4. The van der Waals surface area contributed by atoms with Crippen LogP contribution in [0.4, 0.5) is 16.2 Å². The average Bonchev–Trinajstić information content (AvgIpc) is 3.32. The lowest BCUT2D eigenvalue weighted by Crippen LogP contribution is -2.62. The molecule has 4 aliphatic rings. The Balaban J connectivity index is 1.03. The maximum absolute atomic E-state index is 14.6. The number of amides is 4. The second kappa shape index (κ2) is 21.7. The first kappa shape index (κ1) is 47.5. The fourth-order valence-electron chi connectivity index (χ4n) is 9.18. The summed E-state index contributed by atoms with van der Waals surface area (Å²) in [5.74, 6) is -0.156. The van der Waals surface area contributed by atoms with Gasteiger partial charge in [-0.25, -0.2) is 4.79 Å². The van der Waals surface area contributed by atoms with Crippen LogP contribution in [0.15, 0.2) is 73.3 Å². The van der Waals surface area contributed by atoms with Crippen molar-refractivity contribution in [1.29, 1.82) is 0 Å². The molecule has 3 fully saturated rings. The number of piperazine rings is 1. The summed E-state index contributed by atoms with van der Waals surface area (Å²) >= 11 is 0. The number of para-hydroxylation sites is 1. The predicted octanol–water partition coefficient (Wildman–Crippen LogP) is -0.233. The van der Waals surface area contributed by atoms with Crippen LogP contribution < -0.4 is 31.6 Å². The molecule has 19 heteroatoms. The van der Waals surface area contributed by atoms with Gasteiger partial charge in [0.1, 0.15) is 56.3 Å². The standard InChI is InChI=1S/C46H62BN9O9/c1-28-23-30(24-34(47)39(28)58)25-37(50-29(2)53-17-12-33(13-18-53)56-26-31-7-3-4-8-35(31)52-46(56)64)43(62)51-36(45(63)55-21-19-54(20-22-55)32-10-15-48-16-11-32)9-5-6-14-49-44-42(61)41(60)40(59)38(27-57)65-44/h3-4,7-8,10-11,15-16,23-24,33,36-38,40-42,44,49-50,57-61H,2,5-6,9,12-14,17-22,25-27H2,1H3,(H,51,62)(H,52,64)/t36-,37+,38+,40?,41?,42?,44-/m0/s1. The van der Waals surface area contributed by atoms with E-state index in [-0.39, 0.29) is 42.0 Å². The summed E-state index contributed by atoms with van der Waals surface area (Å²) in [5.41, 5.74) is 4.34. The van der Waals surface area contributed by atoms with Gasteiger partial charge in [-0.05, 0) is 80.5 Å². The highest BCUT2D eigenvalue weighted by Gasteiger charge is 2.43. The Morgan fingerprint density at radius 2 is 1.66 bits per heavy atom. The van der Waals surface area contributed by atoms with Crippen molar-refractivity contribution in [2.75, 3.05) is 62.6 Å². The number of anilines is 2. The normalized spacial score (nSPS) is 23.6. The molecule has 0 bridgehead atoms. The third kappa shape index (κ3) is 11.5. The van der Waals surface area contributed by atoms with Crippen LogP contribution in [-0.2, 0) is 27.3 Å². The number of likely N-dealkylation sites (tertiary alicyclic amines) is 1. The summed E-state index contributed by atoms with van der Waals surface area (Å²) < 4.78 is 5.59. The van der Waals surface area contributed by atoms with Gasteiger partial charge in [-0.15, -0.1) is 0 Å². The number of aryl methyl sites for hydroxylation is 1. The highest BCUT2D eigenvalue weighted by molar-refractivity contribution is 6.34. The number of benzene rings is 2. The molecule has 0 spiro atoms. The zero-order valence-electron chi connectivity index (χ0n) is 36.9. The molecule has 7 atom stereocenters. The number of phenols is 1. The van der Waals surface area contributed by atoms with E-state index in [0.29, 0.717) is 95.0 Å². The molecule has 2 aromatic carbocycles. The summed E-state index contributed by atoms with van der Waals surface area (Å²) in [5, 5.41) is 63.4. The number of hydrogen-bond donors (Lipinski definition) is 9. The fraction of sp³-hybridized carbons (Fsp3) is 0.522. The Morgan fingerprint density at radius 1 is 0.938 bits per heavy atom. The van der Waals surface area contributed by atoms with E-state index in [0.717, 1.165) is 16.9 Å². The fourth-order valence-corrected chi connectivity index (χ4v) is 9.18. The number of aromatic hydroxyl groups is 1. The highest BCUT2D eigenvalue weighted by atomic mass is 16.6. The zero-order valence-corrected chi connectivity index (χ0v) is 36.9. The number of hydrogen-bond acceptors (Lipinski definition) is 14. The largest absolute Gasteiger partial charge is 0.508 e. The second-order valence-corrected chi connectivity index (χ2v) is 17.4. The molecular formula is C46H62BN9O9. The lowest BCUT2D eigenvalue weighted by atomic mass is 9.89. The molecule has 3 aromatic rings. The molecule has 348 valence electrons. The number of unbranched alkanes of at least 4 members (excludes halogenated alkanes) is 1. The van der Waals surface area contributed by atoms with E-state index in [2.05, 4.69) is 42.6 Å². The molecule has 9 N–H and O–H groups in total. The Morgan fingerprint density at radius 3 is 2.37 bits per heavy atom. The van der Waals surface area contributed by atoms with Crippen molar-refractivity contribution < 1.29 is 44.7 Å². The molecule has 65 heavy (non-hydrogen) atoms. The third-order valence-electron chi connectivity index (χ3n) is 13.0. The number of phenolic OH excluding ortho intramolecular Hbond substituents is 1. The number of urea groups is 1. The number of nitrogens with zero attached hydrogens (tertiary/aromatic N) is 5. The maximum Gasteiger partial charge on any atom is 0.322 e. The predicted molar refractivity (Wildman–Crippen MR) is 244 cm³/mol. The quantitative estimate of drug-likeness (QED) is 0.0630. The van der Waals surface area contributed by atoms with Gasteiger partial charge in [-0.3, -0.25) is 19.9 Å². The molecule has 4 aliphatic heterocycles. The van der Waals surface area contributed by atoms with E-state index in [1.165, 1.54) is 0 Å². The van der Waals surface area contributed by atoms with E-state index in [4.69, 9.17) is 12.6 Å². The van der Waals surface area contributed by atoms with Gasteiger partial charge >= 0.3 is 6.03 Å². The summed E-state index contributed by atoms with van der Waals surface area (Å²) in [6, 6.07) is 13.1. The van der Waals surface area contributed by atoms with E-state index in [1.54, 1.807) is 36.4 Å². The number of ether oxygens (including phenoxy) is 1. The summed E-state index contributed by atoms with van der Waals surface area (Å²) in [6.45, 7) is 9.62. The zero-order chi connectivity index (χ0) is 46.2. The summed E-state index contributed by atoms with van der Waals surface area (Å²) in [4.78, 5) is 54.1. The number of aromatic nitrogens is 1. The van der Waals surface area contributed by atoms with Crippen LogP contribution in [-0.4, -0.2) is 172 Å². The molecular weight excluding hydrogens is 833 g/mol. The molecule has 7 rings (SSSR count). The van der Waals surface area contributed by atoms with Crippen molar-refractivity contribution >= 4 is 42.5 Å². The Hall–Kier alpha value is -5.44. The lowest BCUT2D eigenvalue weighted by Gasteiger charge is -2.42. The number of fused-ring (bicyclic) bond motifs is 1. The van der Waals surface area contributed by atoms with Crippen LogP contribution in [0.2, 0.25) is 0 Å². The van der Waals surface area contributed by atoms with Gasteiger partial charge in [-0.1, -0.05) is 42.4 Å². The van der Waals surface area contributed by atoms with Gasteiger partial charge in [0, 0.05) is 82.0 Å². The SMILES string of the molecule is [B]c1cc(C[C@@H](NC(=C)N2CCC(N3Cc4ccccc4NC3=O)CC2)C(=O)N[C@@H](CCCCN[C@H]2O[C@H](CO)C(O)C(O)C2O)C(=O)N2CCN(c3ccncc3)CC2)cc(C)c1O. The molecule has 0 saturated carbocycles. The smallest absolute Gasteiger partial charge is 0.322 e. The number of pyridine rings is 1. The number of nitrogens with one attached hydrogen (secondary N) is 4. The molecule has 3 unspecified atom stereocenters. The van der Waals surface area contributed by atoms with Crippen LogP contribution in [0.1, 0.15) is 48.8 Å². The monoisotopic (exact) mass is 895 g/mol. The Labute approximate surface area is 381 Å². The number of aliphatic hydroxyl groups is 4.